The van der Waals surface area contributed by atoms with Gasteiger partial charge in [-0.3, -0.25) is 0 Å². The number of pyridine rings is 1. The molecular weight excluding hydrogens is 224 g/mol. The maximum atomic E-state index is 4.51. The highest BCUT2D eigenvalue weighted by molar-refractivity contribution is 5.69. The molecule has 1 aliphatic rings. The van der Waals surface area contributed by atoms with Crippen molar-refractivity contribution >= 4 is 11.2 Å². The minimum Gasteiger partial charge on any atom is -0.341 e. The van der Waals surface area contributed by atoms with Crippen molar-refractivity contribution in [1.29, 1.82) is 0 Å². The molecule has 2 aromatic heterocycles. The molecule has 4 nitrogen and oxygen atoms in total. The maximum Gasteiger partial charge on any atom is 0.177 e. The summed E-state index contributed by atoms with van der Waals surface area (Å²) in [4.78, 5) is 14.7. The number of nitrogens with one attached hydrogen (secondary N) is 1. The Balaban J connectivity index is 1.53. The number of fused-ring (bicyclic) bond motifs is 1. The molecular formula is C14H20N4. The Labute approximate surface area is 107 Å². The van der Waals surface area contributed by atoms with Crippen molar-refractivity contribution in [2.24, 2.45) is 0 Å². The fourth-order valence-electron chi connectivity index (χ4n) is 2.67. The van der Waals surface area contributed by atoms with Crippen molar-refractivity contribution < 1.29 is 0 Å². The molecule has 0 aliphatic carbocycles. The normalized spacial score (nSPS) is 17.3. The first-order valence-corrected chi connectivity index (χ1v) is 6.94. The predicted molar refractivity (Wildman–Crippen MR) is 72.5 cm³/mol. The second-order valence-corrected chi connectivity index (χ2v) is 5.06. The molecule has 1 aliphatic heterocycles. The molecule has 0 unspecified atom stereocenters. The van der Waals surface area contributed by atoms with E-state index < -0.39 is 0 Å². The Kier molecular flexibility index (Phi) is 3.55. The van der Waals surface area contributed by atoms with Crippen LogP contribution in [0.5, 0.6) is 0 Å². The molecule has 1 fully saturated rings. The summed E-state index contributed by atoms with van der Waals surface area (Å²) in [5.41, 5.74) is 1.89. The quantitative estimate of drug-likeness (QED) is 0.898. The van der Waals surface area contributed by atoms with E-state index >= 15 is 0 Å². The highest BCUT2D eigenvalue weighted by Crippen LogP contribution is 2.11. The SMILES string of the molecule is c1cnc2nc(CCCN3CCCCC3)[nH]c2c1. The number of imidazole rings is 1. The third-order valence-electron chi connectivity index (χ3n) is 3.64. The Hall–Kier alpha value is -1.42. The Morgan fingerprint density at radius 3 is 2.94 bits per heavy atom. The van der Waals surface area contributed by atoms with Crippen LogP contribution < -0.4 is 0 Å². The van der Waals surface area contributed by atoms with Crippen LogP contribution in [0.15, 0.2) is 18.3 Å². The van der Waals surface area contributed by atoms with Crippen LogP contribution >= 0.6 is 0 Å². The van der Waals surface area contributed by atoms with Gasteiger partial charge in [-0.05, 0) is 51.0 Å². The summed E-state index contributed by atoms with van der Waals surface area (Å²) in [5.74, 6) is 1.07. The lowest BCUT2D eigenvalue weighted by Crippen LogP contribution is -2.30. The van der Waals surface area contributed by atoms with Crippen LogP contribution in [0.2, 0.25) is 0 Å². The summed E-state index contributed by atoms with van der Waals surface area (Å²) in [6.07, 6.45) is 8.14. The number of aromatic nitrogens is 3. The van der Waals surface area contributed by atoms with Crippen LogP contribution in [-0.2, 0) is 6.42 Å². The second kappa shape index (κ2) is 5.48. The van der Waals surface area contributed by atoms with E-state index in [4.69, 9.17) is 0 Å². The zero-order valence-corrected chi connectivity index (χ0v) is 10.7. The average molecular weight is 244 g/mol. The molecule has 0 amide bonds. The molecule has 0 atom stereocenters. The van der Waals surface area contributed by atoms with Crippen LogP contribution in [-0.4, -0.2) is 39.5 Å². The van der Waals surface area contributed by atoms with Gasteiger partial charge in [-0.15, -0.1) is 0 Å². The topological polar surface area (TPSA) is 44.8 Å². The number of H-pyrrole nitrogens is 1. The van der Waals surface area contributed by atoms with Crippen LogP contribution in [0.25, 0.3) is 11.2 Å². The number of nitrogens with zero attached hydrogens (tertiary/aromatic N) is 3. The van der Waals surface area contributed by atoms with E-state index in [1.165, 1.54) is 45.3 Å². The predicted octanol–water partition coefficient (Wildman–Crippen LogP) is 2.38. The van der Waals surface area contributed by atoms with Gasteiger partial charge in [-0.2, -0.15) is 0 Å². The highest BCUT2D eigenvalue weighted by Gasteiger charge is 2.10. The van der Waals surface area contributed by atoms with E-state index in [0.717, 1.165) is 23.4 Å². The molecule has 4 heteroatoms. The van der Waals surface area contributed by atoms with E-state index in [1.807, 2.05) is 12.1 Å². The van der Waals surface area contributed by atoms with Crippen molar-refractivity contribution in [3.05, 3.63) is 24.2 Å². The lowest BCUT2D eigenvalue weighted by atomic mass is 10.1. The van der Waals surface area contributed by atoms with Crippen LogP contribution in [0.1, 0.15) is 31.5 Å². The zero-order valence-electron chi connectivity index (χ0n) is 10.7. The summed E-state index contributed by atoms with van der Waals surface area (Å²) >= 11 is 0. The summed E-state index contributed by atoms with van der Waals surface area (Å²) < 4.78 is 0. The van der Waals surface area contributed by atoms with Crippen molar-refractivity contribution in [2.45, 2.75) is 32.1 Å². The third-order valence-corrected chi connectivity index (χ3v) is 3.64. The summed E-state index contributed by atoms with van der Waals surface area (Å²) in [6, 6.07) is 3.97. The highest BCUT2D eigenvalue weighted by atomic mass is 15.1. The number of piperidine rings is 1. The van der Waals surface area contributed by atoms with E-state index in [2.05, 4.69) is 19.9 Å². The van der Waals surface area contributed by atoms with Crippen molar-refractivity contribution in [3.63, 3.8) is 0 Å². The van der Waals surface area contributed by atoms with Gasteiger partial charge in [0.15, 0.2) is 5.65 Å². The fraction of sp³-hybridized carbons (Fsp3) is 0.571. The molecule has 0 radical (unpaired) electrons. The summed E-state index contributed by atoms with van der Waals surface area (Å²) in [6.45, 7) is 3.76. The van der Waals surface area contributed by atoms with Gasteiger partial charge in [0, 0.05) is 12.6 Å². The Morgan fingerprint density at radius 2 is 2.11 bits per heavy atom. The van der Waals surface area contributed by atoms with Crippen LogP contribution in [0.3, 0.4) is 0 Å². The zero-order chi connectivity index (χ0) is 12.2. The molecule has 96 valence electrons. The Bertz CT molecular complexity index is 466. The molecule has 3 rings (SSSR count). The molecule has 1 N–H and O–H groups in total. The van der Waals surface area contributed by atoms with E-state index in [1.54, 1.807) is 6.20 Å². The monoisotopic (exact) mass is 244 g/mol. The van der Waals surface area contributed by atoms with Crippen molar-refractivity contribution in [2.75, 3.05) is 19.6 Å². The number of hydrogen-bond donors (Lipinski definition) is 1. The first-order valence-electron chi connectivity index (χ1n) is 6.94. The number of aryl methyl sites for hydroxylation is 1. The smallest absolute Gasteiger partial charge is 0.177 e. The molecule has 0 aromatic carbocycles. The first-order chi connectivity index (χ1) is 8.92. The molecule has 0 bridgehead atoms. The molecule has 1 saturated heterocycles. The summed E-state index contributed by atoms with van der Waals surface area (Å²) in [7, 11) is 0. The van der Waals surface area contributed by atoms with Gasteiger partial charge >= 0.3 is 0 Å². The molecule has 2 aromatic rings. The summed E-state index contributed by atoms with van der Waals surface area (Å²) in [5, 5.41) is 0. The van der Waals surface area contributed by atoms with Gasteiger partial charge in [0.25, 0.3) is 0 Å². The Morgan fingerprint density at radius 1 is 1.22 bits per heavy atom. The lowest BCUT2D eigenvalue weighted by Gasteiger charge is -2.26. The molecule has 3 heterocycles. The van der Waals surface area contributed by atoms with Gasteiger partial charge in [-0.1, -0.05) is 6.42 Å². The average Bonchev–Trinajstić information content (AvgIpc) is 2.82. The first kappa shape index (κ1) is 11.7. The minimum absolute atomic E-state index is 0.838. The lowest BCUT2D eigenvalue weighted by molar-refractivity contribution is 0.226. The van der Waals surface area contributed by atoms with Gasteiger partial charge in [0.2, 0.25) is 0 Å². The van der Waals surface area contributed by atoms with Gasteiger partial charge in [0.05, 0.1) is 5.52 Å². The second-order valence-electron chi connectivity index (χ2n) is 5.06. The van der Waals surface area contributed by atoms with Crippen molar-refractivity contribution in [3.8, 4) is 0 Å². The standard InChI is InChI=1S/C14H20N4/c1-2-9-18(10-3-1)11-5-7-13-16-12-6-4-8-15-14(12)17-13/h4,6,8H,1-3,5,7,9-11H2,(H,15,16,17). The van der Waals surface area contributed by atoms with E-state index in [0.29, 0.717) is 0 Å². The largest absolute Gasteiger partial charge is 0.341 e. The van der Waals surface area contributed by atoms with Crippen LogP contribution in [0.4, 0.5) is 0 Å². The number of hydrogen-bond acceptors (Lipinski definition) is 3. The van der Waals surface area contributed by atoms with Crippen molar-refractivity contribution in [1.82, 2.24) is 19.9 Å². The molecule has 0 saturated carbocycles. The van der Waals surface area contributed by atoms with Crippen LogP contribution in [0, 0.1) is 0 Å². The third kappa shape index (κ3) is 2.70. The van der Waals surface area contributed by atoms with Gasteiger partial charge < -0.3 is 9.88 Å². The van der Waals surface area contributed by atoms with Gasteiger partial charge in [0.1, 0.15) is 5.82 Å². The number of rotatable bonds is 4. The molecule has 0 spiro atoms. The van der Waals surface area contributed by atoms with E-state index in [9.17, 15) is 0 Å². The number of likely N-dealkylation sites (tertiary alicyclic amines) is 1. The maximum absolute atomic E-state index is 4.51. The molecule has 18 heavy (non-hydrogen) atoms. The van der Waals surface area contributed by atoms with E-state index in [-0.39, 0.29) is 0 Å². The fourth-order valence-corrected chi connectivity index (χ4v) is 2.67. The number of aromatic amines is 1. The minimum atomic E-state index is 0.838. The van der Waals surface area contributed by atoms with Gasteiger partial charge in [-0.25, -0.2) is 9.97 Å².